The predicted octanol–water partition coefficient (Wildman–Crippen LogP) is 4.88. The Morgan fingerprint density at radius 2 is 1.28 bits per heavy atom. The second-order valence-corrected chi connectivity index (χ2v) is 7.07. The van der Waals surface area contributed by atoms with Crippen LogP contribution in [0.25, 0.3) is 5.57 Å². The average molecular weight is 428 g/mol. The van der Waals surface area contributed by atoms with E-state index < -0.39 is 5.91 Å². The maximum atomic E-state index is 13.4. The van der Waals surface area contributed by atoms with Crippen molar-refractivity contribution in [3.8, 4) is 11.5 Å². The molecule has 3 aromatic rings. The molecule has 1 aliphatic rings. The lowest BCUT2D eigenvalue weighted by molar-refractivity contribution is -0.120. The number of anilines is 2. The van der Waals surface area contributed by atoms with Crippen LogP contribution in [0, 0.1) is 0 Å². The Morgan fingerprint density at radius 1 is 0.719 bits per heavy atom. The van der Waals surface area contributed by atoms with E-state index >= 15 is 0 Å². The third-order valence-electron chi connectivity index (χ3n) is 4.99. The maximum absolute atomic E-state index is 13.4. The number of hydrogen-bond acceptors (Lipinski definition) is 5. The summed E-state index contributed by atoms with van der Waals surface area (Å²) >= 11 is 0. The lowest BCUT2D eigenvalue weighted by Gasteiger charge is -2.16. The van der Waals surface area contributed by atoms with Gasteiger partial charge in [-0.1, -0.05) is 30.3 Å². The number of rotatable bonds is 8. The van der Waals surface area contributed by atoms with Crippen molar-refractivity contribution in [1.29, 1.82) is 0 Å². The fourth-order valence-corrected chi connectivity index (χ4v) is 3.56. The topological polar surface area (TPSA) is 67.9 Å². The smallest absolute Gasteiger partial charge is 0.282 e. The van der Waals surface area contributed by atoms with Gasteiger partial charge in [-0.2, -0.15) is 0 Å². The molecule has 0 radical (unpaired) electrons. The largest absolute Gasteiger partial charge is 0.494 e. The minimum atomic E-state index is -0.410. The molecule has 6 heteroatoms. The molecule has 3 aromatic carbocycles. The zero-order valence-corrected chi connectivity index (χ0v) is 18.0. The first-order chi connectivity index (χ1) is 15.6. The average Bonchev–Trinajstić information content (AvgIpc) is 3.06. The molecule has 0 atom stereocenters. The molecule has 162 valence electrons. The van der Waals surface area contributed by atoms with Gasteiger partial charge in [-0.15, -0.1) is 0 Å². The number of imide groups is 1. The second kappa shape index (κ2) is 9.39. The lowest BCUT2D eigenvalue weighted by atomic mass is 10.0. The molecule has 0 unspecified atom stereocenters. The summed E-state index contributed by atoms with van der Waals surface area (Å²) in [6.45, 7) is 4.93. The minimum absolute atomic E-state index is 0.235. The van der Waals surface area contributed by atoms with Crippen LogP contribution < -0.4 is 19.7 Å². The Kier molecular flexibility index (Phi) is 6.22. The van der Waals surface area contributed by atoms with E-state index in [0.717, 1.165) is 5.75 Å². The van der Waals surface area contributed by atoms with Crippen LogP contribution in [0.2, 0.25) is 0 Å². The molecule has 1 heterocycles. The summed E-state index contributed by atoms with van der Waals surface area (Å²) in [5.41, 5.74) is 2.41. The molecule has 0 spiro atoms. The summed E-state index contributed by atoms with van der Waals surface area (Å²) in [5, 5.41) is 3.16. The van der Waals surface area contributed by atoms with Crippen LogP contribution in [0.15, 0.2) is 84.6 Å². The summed E-state index contributed by atoms with van der Waals surface area (Å²) in [6.07, 6.45) is 0. The normalized spacial score (nSPS) is 13.5. The molecule has 0 bridgehead atoms. The van der Waals surface area contributed by atoms with Gasteiger partial charge in [0.2, 0.25) is 0 Å². The van der Waals surface area contributed by atoms with Gasteiger partial charge in [0.25, 0.3) is 11.8 Å². The van der Waals surface area contributed by atoms with E-state index in [9.17, 15) is 9.59 Å². The maximum Gasteiger partial charge on any atom is 0.282 e. The molecule has 1 aliphatic heterocycles. The minimum Gasteiger partial charge on any atom is -0.494 e. The van der Waals surface area contributed by atoms with Crippen LogP contribution in [0.5, 0.6) is 11.5 Å². The van der Waals surface area contributed by atoms with E-state index in [1.165, 1.54) is 4.90 Å². The van der Waals surface area contributed by atoms with Crippen LogP contribution >= 0.6 is 0 Å². The van der Waals surface area contributed by atoms with Crippen LogP contribution in [0.3, 0.4) is 0 Å². The number of carbonyl (C=O) groups excluding carboxylic acids is 2. The van der Waals surface area contributed by atoms with Gasteiger partial charge in [-0.3, -0.25) is 9.59 Å². The highest BCUT2D eigenvalue weighted by Crippen LogP contribution is 2.34. The van der Waals surface area contributed by atoms with E-state index in [0.29, 0.717) is 41.5 Å². The summed E-state index contributed by atoms with van der Waals surface area (Å²) in [5.74, 6) is 0.630. The van der Waals surface area contributed by atoms with E-state index in [1.807, 2.05) is 68.4 Å². The van der Waals surface area contributed by atoms with Crippen LogP contribution in [-0.4, -0.2) is 25.0 Å². The van der Waals surface area contributed by atoms with Crippen molar-refractivity contribution < 1.29 is 19.1 Å². The van der Waals surface area contributed by atoms with Gasteiger partial charge in [0, 0.05) is 5.69 Å². The number of carbonyl (C=O) groups is 2. The number of amides is 2. The van der Waals surface area contributed by atoms with Crippen LogP contribution in [-0.2, 0) is 9.59 Å². The molecule has 6 nitrogen and oxygen atoms in total. The zero-order valence-electron chi connectivity index (χ0n) is 18.0. The fourth-order valence-electron chi connectivity index (χ4n) is 3.56. The zero-order chi connectivity index (χ0) is 22.5. The monoisotopic (exact) mass is 428 g/mol. The molecular weight excluding hydrogens is 404 g/mol. The first kappa shape index (κ1) is 21.2. The number of benzene rings is 3. The van der Waals surface area contributed by atoms with Crippen molar-refractivity contribution >= 4 is 28.8 Å². The van der Waals surface area contributed by atoms with Crippen molar-refractivity contribution in [2.45, 2.75) is 13.8 Å². The third kappa shape index (κ3) is 4.21. The van der Waals surface area contributed by atoms with Gasteiger partial charge in [0.15, 0.2) is 0 Å². The van der Waals surface area contributed by atoms with Gasteiger partial charge in [0.1, 0.15) is 17.2 Å². The van der Waals surface area contributed by atoms with Gasteiger partial charge in [-0.25, -0.2) is 4.90 Å². The molecule has 1 N–H and O–H groups in total. The number of hydrogen-bond donors (Lipinski definition) is 1. The number of nitrogens with zero attached hydrogens (tertiary/aromatic N) is 1. The van der Waals surface area contributed by atoms with Crippen LogP contribution in [0.1, 0.15) is 19.4 Å². The Morgan fingerprint density at radius 3 is 1.84 bits per heavy atom. The quantitative estimate of drug-likeness (QED) is 0.518. The number of nitrogens with one attached hydrogen (secondary N) is 1. The third-order valence-corrected chi connectivity index (χ3v) is 4.99. The molecule has 0 saturated heterocycles. The van der Waals surface area contributed by atoms with Crippen molar-refractivity contribution in [3.05, 3.63) is 90.1 Å². The molecule has 32 heavy (non-hydrogen) atoms. The predicted molar refractivity (Wildman–Crippen MR) is 125 cm³/mol. The number of ether oxygens (including phenoxy) is 2. The Bertz CT molecular complexity index is 1140. The first-order valence-electron chi connectivity index (χ1n) is 10.5. The second-order valence-electron chi connectivity index (χ2n) is 7.07. The standard InChI is InChI=1S/C26H24N2O4/c1-3-31-21-14-10-19(11-15-21)27-24-23(18-8-6-5-7-9-18)25(29)28(26(24)30)20-12-16-22(17-13-20)32-4-2/h5-17,27H,3-4H2,1-2H3. The first-order valence-corrected chi connectivity index (χ1v) is 10.5. The van der Waals surface area contributed by atoms with Crippen molar-refractivity contribution in [3.63, 3.8) is 0 Å². The summed E-state index contributed by atoms with van der Waals surface area (Å²) in [4.78, 5) is 28.0. The van der Waals surface area contributed by atoms with E-state index in [2.05, 4.69) is 5.32 Å². The molecule has 0 fully saturated rings. The Labute approximate surface area is 187 Å². The Balaban J connectivity index is 1.70. The molecule has 0 aliphatic carbocycles. The van der Waals surface area contributed by atoms with Gasteiger partial charge >= 0.3 is 0 Å². The van der Waals surface area contributed by atoms with Crippen LogP contribution in [0.4, 0.5) is 11.4 Å². The van der Waals surface area contributed by atoms with Crippen molar-refractivity contribution in [2.75, 3.05) is 23.4 Å². The fraction of sp³-hybridized carbons (Fsp3) is 0.154. The van der Waals surface area contributed by atoms with E-state index in [1.54, 1.807) is 24.3 Å². The van der Waals surface area contributed by atoms with Gasteiger partial charge < -0.3 is 14.8 Å². The van der Waals surface area contributed by atoms with E-state index in [4.69, 9.17) is 9.47 Å². The van der Waals surface area contributed by atoms with Crippen molar-refractivity contribution in [2.24, 2.45) is 0 Å². The van der Waals surface area contributed by atoms with Gasteiger partial charge in [-0.05, 0) is 67.9 Å². The highest BCUT2D eigenvalue weighted by atomic mass is 16.5. The SMILES string of the molecule is CCOc1ccc(NC2=C(c3ccccc3)C(=O)N(c3ccc(OCC)cc3)C2=O)cc1. The molecular formula is C26H24N2O4. The lowest BCUT2D eigenvalue weighted by Crippen LogP contribution is -2.32. The molecule has 0 saturated carbocycles. The van der Waals surface area contributed by atoms with E-state index in [-0.39, 0.29) is 11.6 Å². The summed E-state index contributed by atoms with van der Waals surface area (Å²) < 4.78 is 11.0. The molecule has 2 amide bonds. The summed E-state index contributed by atoms with van der Waals surface area (Å²) in [7, 11) is 0. The highest BCUT2D eigenvalue weighted by molar-refractivity contribution is 6.46. The van der Waals surface area contributed by atoms with Gasteiger partial charge in [0.05, 0.1) is 24.5 Å². The molecule has 0 aromatic heterocycles. The van der Waals surface area contributed by atoms with Crippen molar-refractivity contribution in [1.82, 2.24) is 0 Å². The summed E-state index contributed by atoms with van der Waals surface area (Å²) in [6, 6.07) is 23.4. The highest BCUT2D eigenvalue weighted by Gasteiger charge is 2.40. The molecule has 4 rings (SSSR count). The Hall–Kier alpha value is -4.06.